The molecular formula is C62H42N4. The fourth-order valence-corrected chi connectivity index (χ4v) is 9.55. The van der Waals surface area contributed by atoms with Crippen LogP contribution < -0.4 is 9.80 Å². The van der Waals surface area contributed by atoms with Gasteiger partial charge in [-0.2, -0.15) is 10.5 Å². The Balaban J connectivity index is 0.821. The van der Waals surface area contributed by atoms with Gasteiger partial charge in [-0.15, -0.1) is 0 Å². The average Bonchev–Trinajstić information content (AvgIpc) is 3.94. The van der Waals surface area contributed by atoms with Crippen molar-refractivity contribution in [1.29, 1.82) is 10.5 Å². The lowest BCUT2D eigenvalue weighted by Gasteiger charge is -2.26. The zero-order valence-electron chi connectivity index (χ0n) is 36.1. The van der Waals surface area contributed by atoms with Gasteiger partial charge in [-0.1, -0.05) is 146 Å². The van der Waals surface area contributed by atoms with Gasteiger partial charge in [0.25, 0.3) is 0 Å². The van der Waals surface area contributed by atoms with E-state index in [4.69, 9.17) is 0 Å². The second kappa shape index (κ2) is 17.3. The van der Waals surface area contributed by atoms with Crippen LogP contribution >= 0.6 is 0 Å². The van der Waals surface area contributed by atoms with Crippen LogP contribution in [0.4, 0.5) is 34.1 Å². The minimum atomic E-state index is 0.568. The van der Waals surface area contributed by atoms with Crippen LogP contribution in [0.2, 0.25) is 0 Å². The molecule has 0 aliphatic heterocycles. The normalized spacial score (nSPS) is 12.3. The van der Waals surface area contributed by atoms with Gasteiger partial charge >= 0.3 is 0 Å². The van der Waals surface area contributed by atoms with Gasteiger partial charge in [0.1, 0.15) is 0 Å². The van der Waals surface area contributed by atoms with E-state index >= 15 is 0 Å². The van der Waals surface area contributed by atoms with Crippen molar-refractivity contribution in [3.05, 3.63) is 263 Å². The van der Waals surface area contributed by atoms with Gasteiger partial charge in [0.2, 0.25) is 0 Å². The first-order valence-electron chi connectivity index (χ1n) is 22.3. The smallest absolute Gasteiger partial charge is 0.0998 e. The molecule has 4 heteroatoms. The molecule has 9 aromatic rings. The molecule has 0 fully saturated rings. The maximum Gasteiger partial charge on any atom is 0.0998 e. The van der Waals surface area contributed by atoms with Crippen molar-refractivity contribution in [3.63, 3.8) is 0 Å². The van der Waals surface area contributed by atoms with Gasteiger partial charge in [-0.3, -0.25) is 0 Å². The van der Waals surface area contributed by atoms with Crippen molar-refractivity contribution in [2.75, 3.05) is 9.80 Å². The van der Waals surface area contributed by atoms with Gasteiger partial charge in [-0.05, 0) is 165 Å². The van der Waals surface area contributed by atoms with E-state index in [0.717, 1.165) is 69.2 Å². The maximum absolute atomic E-state index is 10.3. The minimum absolute atomic E-state index is 0.568. The Labute approximate surface area is 386 Å². The quantitative estimate of drug-likeness (QED) is 0.102. The summed E-state index contributed by atoms with van der Waals surface area (Å²) in [5.74, 6) is 0. The van der Waals surface area contributed by atoms with Gasteiger partial charge < -0.3 is 9.80 Å². The number of anilines is 6. The summed E-state index contributed by atoms with van der Waals surface area (Å²) in [6.07, 6.45) is 5.67. The summed E-state index contributed by atoms with van der Waals surface area (Å²) in [5, 5.41) is 20.7. The van der Waals surface area contributed by atoms with Crippen LogP contribution in [0.3, 0.4) is 0 Å². The van der Waals surface area contributed by atoms with Crippen molar-refractivity contribution < 1.29 is 0 Å². The Hall–Kier alpha value is -8.96. The molecule has 66 heavy (non-hydrogen) atoms. The van der Waals surface area contributed by atoms with Crippen molar-refractivity contribution >= 4 is 57.4 Å². The van der Waals surface area contributed by atoms with Crippen molar-refractivity contribution in [2.45, 2.75) is 12.8 Å². The minimum Gasteiger partial charge on any atom is -0.310 e. The fraction of sp³-hybridized carbons (Fsp3) is 0.0323. The van der Waals surface area contributed by atoms with Crippen LogP contribution in [-0.2, 0) is 12.8 Å². The van der Waals surface area contributed by atoms with E-state index < -0.39 is 0 Å². The Kier molecular flexibility index (Phi) is 10.5. The van der Waals surface area contributed by atoms with Crippen LogP contribution in [-0.4, -0.2) is 0 Å². The number of fused-ring (bicyclic) bond motifs is 6. The van der Waals surface area contributed by atoms with Crippen molar-refractivity contribution in [1.82, 2.24) is 0 Å². The number of nitrogens with zero attached hydrogens (tertiary/aromatic N) is 4. The molecule has 0 N–H and O–H groups in total. The SMILES string of the molecule is N#CC(=Cc1ccc(C=C(C#N)c2ccc(N(c3ccccc3)c3ccc4c(c3)Cc3ccccc3-4)cc2)cc1)c1ccc(N(c2ccccc2)c2ccc3c(c2)Cc2ccccc2-3)cc1. The first-order chi connectivity index (χ1) is 32.6. The summed E-state index contributed by atoms with van der Waals surface area (Å²) in [6, 6.07) is 80.9. The highest BCUT2D eigenvalue weighted by molar-refractivity contribution is 5.93. The number of hydrogen-bond donors (Lipinski definition) is 0. The van der Waals surface area contributed by atoms with Crippen LogP contribution in [0.15, 0.2) is 218 Å². The van der Waals surface area contributed by atoms with E-state index in [2.05, 4.69) is 180 Å². The van der Waals surface area contributed by atoms with E-state index in [1.165, 1.54) is 44.5 Å². The molecule has 0 unspecified atom stereocenters. The highest BCUT2D eigenvalue weighted by atomic mass is 15.1. The number of hydrogen-bond acceptors (Lipinski definition) is 4. The lowest BCUT2D eigenvalue weighted by atomic mass is 10.0. The van der Waals surface area contributed by atoms with Crippen molar-refractivity contribution in [3.8, 4) is 34.4 Å². The number of benzene rings is 9. The summed E-state index contributed by atoms with van der Waals surface area (Å²) in [7, 11) is 0. The monoisotopic (exact) mass is 842 g/mol. The van der Waals surface area contributed by atoms with Gasteiger partial charge in [0.05, 0.1) is 23.3 Å². The molecule has 0 spiro atoms. The van der Waals surface area contributed by atoms with Gasteiger partial charge in [-0.25, -0.2) is 0 Å². The highest BCUT2D eigenvalue weighted by Crippen LogP contribution is 2.44. The third kappa shape index (κ3) is 7.64. The molecule has 2 aliphatic carbocycles. The van der Waals surface area contributed by atoms with Gasteiger partial charge in [0, 0.05) is 34.1 Å². The van der Waals surface area contributed by atoms with Crippen LogP contribution in [0.25, 0.3) is 45.6 Å². The van der Waals surface area contributed by atoms with E-state index in [0.29, 0.717) is 11.1 Å². The summed E-state index contributed by atoms with van der Waals surface area (Å²) in [6.45, 7) is 0. The first-order valence-corrected chi connectivity index (χ1v) is 22.3. The number of allylic oxidation sites excluding steroid dienone is 2. The second-order valence-corrected chi connectivity index (χ2v) is 16.8. The molecule has 0 amide bonds. The fourth-order valence-electron chi connectivity index (χ4n) is 9.55. The molecule has 0 heterocycles. The largest absolute Gasteiger partial charge is 0.310 e. The van der Waals surface area contributed by atoms with E-state index in [9.17, 15) is 10.5 Å². The van der Waals surface area contributed by atoms with E-state index in [1.54, 1.807) is 0 Å². The molecule has 2 aliphatic rings. The predicted molar refractivity (Wildman–Crippen MR) is 272 cm³/mol. The van der Waals surface area contributed by atoms with E-state index in [-0.39, 0.29) is 0 Å². The number of para-hydroxylation sites is 2. The molecule has 11 rings (SSSR count). The van der Waals surface area contributed by atoms with Gasteiger partial charge in [0.15, 0.2) is 0 Å². The Morgan fingerprint density at radius 3 is 1.06 bits per heavy atom. The summed E-state index contributed by atoms with van der Waals surface area (Å²) >= 11 is 0. The topological polar surface area (TPSA) is 54.1 Å². The highest BCUT2D eigenvalue weighted by Gasteiger charge is 2.23. The Bertz CT molecular complexity index is 3180. The molecule has 0 saturated carbocycles. The number of nitriles is 2. The predicted octanol–water partition coefficient (Wildman–Crippen LogP) is 15.9. The molecule has 0 bridgehead atoms. The molecule has 4 nitrogen and oxygen atoms in total. The van der Waals surface area contributed by atoms with E-state index in [1.807, 2.05) is 72.8 Å². The Morgan fingerprint density at radius 1 is 0.333 bits per heavy atom. The van der Waals surface area contributed by atoms with Crippen LogP contribution in [0, 0.1) is 22.7 Å². The standard InChI is InChI=1S/C62H42N4/c63-41-51(45-23-27-55(28-24-45)65(53-13-3-1-4-14-53)57-31-33-61-49(39-57)37-47-11-7-9-17-59(47)61)35-43-19-21-44(22-20-43)36-52(42-64)46-25-29-56(30-26-46)66(54-15-5-2-6-16-54)58-32-34-62-50(40-58)38-48-12-8-10-18-60(48)62/h1-36,39-40H,37-38H2. The summed E-state index contributed by atoms with van der Waals surface area (Å²) < 4.78 is 0. The Morgan fingerprint density at radius 2 is 0.667 bits per heavy atom. The third-order valence-corrected chi connectivity index (χ3v) is 12.8. The zero-order chi connectivity index (χ0) is 44.4. The van der Waals surface area contributed by atoms with Crippen LogP contribution in [0.1, 0.15) is 44.5 Å². The lowest BCUT2D eigenvalue weighted by molar-refractivity contribution is 1.23. The molecule has 9 aromatic carbocycles. The third-order valence-electron chi connectivity index (χ3n) is 12.8. The molecule has 0 aromatic heterocycles. The molecular weight excluding hydrogens is 801 g/mol. The molecule has 0 saturated heterocycles. The maximum atomic E-state index is 10.3. The molecule has 0 radical (unpaired) electrons. The summed E-state index contributed by atoms with van der Waals surface area (Å²) in [5.41, 5.74) is 21.5. The summed E-state index contributed by atoms with van der Waals surface area (Å²) in [4.78, 5) is 4.54. The molecule has 310 valence electrons. The number of rotatable bonds is 10. The second-order valence-electron chi connectivity index (χ2n) is 16.8. The molecule has 0 atom stereocenters. The zero-order valence-corrected chi connectivity index (χ0v) is 36.1. The first kappa shape index (κ1) is 39.9. The average molecular weight is 843 g/mol. The van der Waals surface area contributed by atoms with Crippen molar-refractivity contribution in [2.24, 2.45) is 0 Å². The lowest BCUT2D eigenvalue weighted by Crippen LogP contribution is -2.10. The van der Waals surface area contributed by atoms with Crippen LogP contribution in [0.5, 0.6) is 0 Å².